The van der Waals surface area contributed by atoms with E-state index in [2.05, 4.69) is 42.6 Å². The van der Waals surface area contributed by atoms with Gasteiger partial charge >= 0.3 is 0 Å². The van der Waals surface area contributed by atoms with E-state index in [-0.39, 0.29) is 6.04 Å². The molecule has 1 aromatic heterocycles. The minimum absolute atomic E-state index is 0.0421. The number of ether oxygens (including phenoxy) is 1. The molecule has 0 spiro atoms. The minimum Gasteiger partial charge on any atom is -0.493 e. The first-order valence-electron chi connectivity index (χ1n) is 6.65. The molecule has 0 saturated carbocycles. The van der Waals surface area contributed by atoms with E-state index in [9.17, 15) is 0 Å². The Morgan fingerprint density at radius 1 is 1.35 bits per heavy atom. The highest BCUT2D eigenvalue weighted by Crippen LogP contribution is 2.26. The molecule has 0 aliphatic rings. The van der Waals surface area contributed by atoms with Gasteiger partial charge in [-0.2, -0.15) is 5.10 Å². The van der Waals surface area contributed by atoms with E-state index in [1.54, 1.807) is 18.0 Å². The minimum atomic E-state index is -0.0421. The monoisotopic (exact) mass is 274 g/mol. The van der Waals surface area contributed by atoms with Crippen LogP contribution >= 0.6 is 0 Å². The van der Waals surface area contributed by atoms with Crippen LogP contribution in [0.1, 0.15) is 28.4 Å². The van der Waals surface area contributed by atoms with E-state index in [1.165, 1.54) is 16.7 Å². The van der Waals surface area contributed by atoms with Crippen LogP contribution < -0.4 is 16.0 Å². The van der Waals surface area contributed by atoms with Crippen molar-refractivity contribution >= 4 is 0 Å². The summed E-state index contributed by atoms with van der Waals surface area (Å²) in [5.74, 6) is 6.47. The number of nitrogens with zero attached hydrogens (tertiary/aromatic N) is 2. The number of nitrogens with one attached hydrogen (secondary N) is 1. The van der Waals surface area contributed by atoms with Crippen LogP contribution in [0.15, 0.2) is 24.4 Å². The Hall–Kier alpha value is -1.85. The Bertz CT molecular complexity index is 592. The Labute approximate surface area is 119 Å². The highest BCUT2D eigenvalue weighted by atomic mass is 16.5. The summed E-state index contributed by atoms with van der Waals surface area (Å²) in [6.45, 7) is 4.23. The summed E-state index contributed by atoms with van der Waals surface area (Å²) in [4.78, 5) is 0. The molecule has 0 amide bonds. The third kappa shape index (κ3) is 2.84. The first-order valence-corrected chi connectivity index (χ1v) is 6.65. The average molecular weight is 274 g/mol. The van der Waals surface area contributed by atoms with Crippen molar-refractivity contribution in [2.75, 3.05) is 7.11 Å². The van der Waals surface area contributed by atoms with Gasteiger partial charge in [0, 0.05) is 7.05 Å². The lowest BCUT2D eigenvalue weighted by molar-refractivity contribution is 0.394. The van der Waals surface area contributed by atoms with Gasteiger partial charge in [0.15, 0.2) is 5.75 Å². The van der Waals surface area contributed by atoms with Gasteiger partial charge in [-0.25, -0.2) is 0 Å². The molecule has 2 aromatic rings. The summed E-state index contributed by atoms with van der Waals surface area (Å²) in [5.41, 5.74) is 7.63. The molecule has 1 atom stereocenters. The predicted molar refractivity (Wildman–Crippen MR) is 79.4 cm³/mol. The van der Waals surface area contributed by atoms with Crippen LogP contribution in [0.25, 0.3) is 0 Å². The van der Waals surface area contributed by atoms with Gasteiger partial charge in [0.1, 0.15) is 0 Å². The molecule has 5 heteroatoms. The van der Waals surface area contributed by atoms with Gasteiger partial charge in [0.05, 0.1) is 25.0 Å². The van der Waals surface area contributed by atoms with Gasteiger partial charge in [0.25, 0.3) is 0 Å². The van der Waals surface area contributed by atoms with E-state index < -0.39 is 0 Å². The Balaban J connectivity index is 2.28. The van der Waals surface area contributed by atoms with Crippen molar-refractivity contribution in [3.63, 3.8) is 0 Å². The molecule has 0 aliphatic carbocycles. The maximum Gasteiger partial charge on any atom is 0.161 e. The topological polar surface area (TPSA) is 65.1 Å². The normalized spacial score (nSPS) is 12.4. The number of aromatic nitrogens is 2. The van der Waals surface area contributed by atoms with Gasteiger partial charge in [0.2, 0.25) is 0 Å². The van der Waals surface area contributed by atoms with Crippen molar-refractivity contribution in [1.29, 1.82) is 0 Å². The van der Waals surface area contributed by atoms with Gasteiger partial charge in [-0.3, -0.25) is 16.0 Å². The molecule has 0 fully saturated rings. The van der Waals surface area contributed by atoms with Crippen LogP contribution in [-0.2, 0) is 13.5 Å². The maximum absolute atomic E-state index is 5.73. The standard InChI is InChI=1S/C15H22N4O/c1-10-5-6-12(7-11(10)2)8-13(18-16)15-14(20-4)9-17-19(15)3/h5-7,9,13,18H,8,16H2,1-4H3. The van der Waals surface area contributed by atoms with Crippen LogP contribution in [-0.4, -0.2) is 16.9 Å². The Kier molecular flexibility index (Phi) is 4.42. The van der Waals surface area contributed by atoms with Crippen molar-refractivity contribution in [3.05, 3.63) is 46.8 Å². The fourth-order valence-corrected chi connectivity index (χ4v) is 2.38. The summed E-state index contributed by atoms with van der Waals surface area (Å²) in [7, 11) is 3.53. The summed E-state index contributed by atoms with van der Waals surface area (Å²) in [6, 6.07) is 6.43. The number of hydrogen-bond acceptors (Lipinski definition) is 4. The molecular formula is C15H22N4O. The van der Waals surface area contributed by atoms with E-state index in [0.29, 0.717) is 0 Å². The number of hydrazine groups is 1. The second-order valence-corrected chi connectivity index (χ2v) is 5.06. The number of nitrogens with two attached hydrogens (primary N) is 1. The average Bonchev–Trinajstić information content (AvgIpc) is 2.81. The molecule has 20 heavy (non-hydrogen) atoms. The van der Waals surface area contributed by atoms with Crippen LogP contribution in [0, 0.1) is 13.8 Å². The Morgan fingerprint density at radius 2 is 2.10 bits per heavy atom. The molecule has 0 radical (unpaired) electrons. The maximum atomic E-state index is 5.73. The quantitative estimate of drug-likeness (QED) is 0.644. The molecule has 108 valence electrons. The molecule has 5 nitrogen and oxygen atoms in total. The van der Waals surface area contributed by atoms with Crippen LogP contribution in [0.3, 0.4) is 0 Å². The number of aryl methyl sites for hydroxylation is 3. The molecule has 0 aliphatic heterocycles. The number of methoxy groups -OCH3 is 1. The fraction of sp³-hybridized carbons (Fsp3) is 0.400. The fourth-order valence-electron chi connectivity index (χ4n) is 2.38. The second-order valence-electron chi connectivity index (χ2n) is 5.06. The molecule has 3 N–H and O–H groups in total. The summed E-state index contributed by atoms with van der Waals surface area (Å²) >= 11 is 0. The van der Waals surface area contributed by atoms with Crippen molar-refractivity contribution < 1.29 is 4.74 Å². The van der Waals surface area contributed by atoms with E-state index in [4.69, 9.17) is 10.6 Å². The summed E-state index contributed by atoms with van der Waals surface area (Å²) in [6.07, 6.45) is 2.49. The van der Waals surface area contributed by atoms with Crippen molar-refractivity contribution in [1.82, 2.24) is 15.2 Å². The lowest BCUT2D eigenvalue weighted by Crippen LogP contribution is -2.31. The lowest BCUT2D eigenvalue weighted by Gasteiger charge is -2.18. The van der Waals surface area contributed by atoms with Gasteiger partial charge in [-0.1, -0.05) is 18.2 Å². The lowest BCUT2D eigenvalue weighted by atomic mass is 9.99. The molecule has 0 bridgehead atoms. The SMILES string of the molecule is COc1cnn(C)c1C(Cc1ccc(C)c(C)c1)NN. The molecule has 1 aromatic carbocycles. The van der Waals surface area contributed by atoms with Crippen LogP contribution in [0.2, 0.25) is 0 Å². The largest absolute Gasteiger partial charge is 0.493 e. The third-order valence-corrected chi connectivity index (χ3v) is 3.71. The Morgan fingerprint density at radius 3 is 2.70 bits per heavy atom. The van der Waals surface area contributed by atoms with E-state index >= 15 is 0 Å². The highest BCUT2D eigenvalue weighted by molar-refractivity contribution is 5.33. The summed E-state index contributed by atoms with van der Waals surface area (Å²) in [5, 5.41) is 4.23. The second kappa shape index (κ2) is 6.07. The van der Waals surface area contributed by atoms with Crippen molar-refractivity contribution in [2.24, 2.45) is 12.9 Å². The van der Waals surface area contributed by atoms with Gasteiger partial charge in [-0.05, 0) is 37.0 Å². The van der Waals surface area contributed by atoms with E-state index in [0.717, 1.165) is 17.9 Å². The number of benzene rings is 1. The van der Waals surface area contributed by atoms with Crippen molar-refractivity contribution in [3.8, 4) is 5.75 Å². The predicted octanol–water partition coefficient (Wildman–Crippen LogP) is 1.79. The van der Waals surface area contributed by atoms with E-state index in [1.807, 2.05) is 7.05 Å². The zero-order chi connectivity index (χ0) is 14.7. The first kappa shape index (κ1) is 14.6. The zero-order valence-electron chi connectivity index (χ0n) is 12.5. The molecule has 1 unspecified atom stereocenters. The number of hydrogen-bond donors (Lipinski definition) is 2. The van der Waals surface area contributed by atoms with Crippen LogP contribution in [0.4, 0.5) is 0 Å². The molecule has 2 rings (SSSR count). The number of rotatable bonds is 5. The van der Waals surface area contributed by atoms with Gasteiger partial charge in [-0.15, -0.1) is 0 Å². The molecule has 0 saturated heterocycles. The smallest absolute Gasteiger partial charge is 0.161 e. The van der Waals surface area contributed by atoms with Gasteiger partial charge < -0.3 is 4.74 Å². The molecule has 1 heterocycles. The zero-order valence-corrected chi connectivity index (χ0v) is 12.5. The summed E-state index contributed by atoms with van der Waals surface area (Å²) < 4.78 is 7.15. The van der Waals surface area contributed by atoms with Crippen LogP contribution in [0.5, 0.6) is 5.75 Å². The van der Waals surface area contributed by atoms with Crippen molar-refractivity contribution in [2.45, 2.75) is 26.3 Å². The first-order chi connectivity index (χ1) is 9.56. The third-order valence-electron chi connectivity index (χ3n) is 3.71. The highest BCUT2D eigenvalue weighted by Gasteiger charge is 2.20. The molecular weight excluding hydrogens is 252 g/mol.